The molecule has 0 aromatic heterocycles. The Morgan fingerprint density at radius 3 is 2.62 bits per heavy atom. The van der Waals surface area contributed by atoms with Gasteiger partial charge in [0.25, 0.3) is 0 Å². The lowest BCUT2D eigenvalue weighted by Gasteiger charge is -2.46. The Labute approximate surface area is 127 Å². The van der Waals surface area contributed by atoms with Crippen LogP contribution in [0.2, 0.25) is 0 Å². The molecule has 2 aliphatic carbocycles. The van der Waals surface area contributed by atoms with Crippen molar-refractivity contribution in [1.82, 2.24) is 0 Å². The molecule has 1 atom stereocenters. The number of benzene rings is 1. The minimum atomic E-state index is -0.248. The highest BCUT2D eigenvalue weighted by atomic mass is 16.5. The van der Waals surface area contributed by atoms with Gasteiger partial charge in [-0.2, -0.15) is 0 Å². The van der Waals surface area contributed by atoms with Crippen molar-refractivity contribution in [3.63, 3.8) is 0 Å². The Hall–Kier alpha value is -1.57. The van der Waals surface area contributed by atoms with Gasteiger partial charge in [-0.25, -0.2) is 4.79 Å². The summed E-state index contributed by atoms with van der Waals surface area (Å²) in [6.45, 7) is 5.46. The van der Waals surface area contributed by atoms with Gasteiger partial charge in [0.05, 0.1) is 0 Å². The van der Waals surface area contributed by atoms with E-state index in [-0.39, 0.29) is 17.5 Å². The molecule has 0 bridgehead atoms. The fraction of sp³-hybridized carbons (Fsp3) is 0.526. The molecule has 3 rings (SSSR count). The van der Waals surface area contributed by atoms with E-state index in [1.807, 2.05) is 0 Å². The first-order chi connectivity index (χ1) is 10.1. The zero-order valence-corrected chi connectivity index (χ0v) is 12.9. The molecule has 2 aliphatic rings. The molecule has 112 valence electrons. The van der Waals surface area contributed by atoms with E-state index in [4.69, 9.17) is 4.74 Å². The number of rotatable bonds is 2. The zero-order chi connectivity index (χ0) is 14.9. The number of carbonyl (C=O) groups excluding carboxylic acids is 1. The van der Waals surface area contributed by atoms with E-state index in [9.17, 15) is 4.79 Å². The molecule has 2 heteroatoms. The van der Waals surface area contributed by atoms with Gasteiger partial charge in [-0.15, -0.1) is 0 Å². The predicted molar refractivity (Wildman–Crippen MR) is 83.9 cm³/mol. The predicted octanol–water partition coefficient (Wildman–Crippen LogP) is 4.74. The number of carbonyl (C=O) groups is 1. The van der Waals surface area contributed by atoms with E-state index in [1.165, 1.54) is 43.2 Å². The molecule has 0 amide bonds. The summed E-state index contributed by atoms with van der Waals surface area (Å²) in [4.78, 5) is 12.1. The van der Waals surface area contributed by atoms with E-state index >= 15 is 0 Å². The zero-order valence-electron chi connectivity index (χ0n) is 12.9. The average molecular weight is 284 g/mol. The first-order valence-electron chi connectivity index (χ1n) is 8.07. The van der Waals surface area contributed by atoms with Crippen molar-refractivity contribution in [1.29, 1.82) is 0 Å². The van der Waals surface area contributed by atoms with Gasteiger partial charge in [-0.1, -0.05) is 50.1 Å². The number of aryl methyl sites for hydroxylation is 1. The molecule has 1 saturated carbocycles. The number of hydrogen-bond donors (Lipinski definition) is 0. The molecule has 1 fully saturated rings. The maximum Gasteiger partial charge on any atom is 0.333 e. The lowest BCUT2D eigenvalue weighted by molar-refractivity contribution is -0.156. The highest BCUT2D eigenvalue weighted by Gasteiger charge is 2.45. The second-order valence-corrected chi connectivity index (χ2v) is 6.69. The van der Waals surface area contributed by atoms with Gasteiger partial charge in [-0.05, 0) is 43.7 Å². The van der Waals surface area contributed by atoms with Crippen molar-refractivity contribution < 1.29 is 9.53 Å². The Kier molecular flexibility index (Phi) is 3.88. The molecule has 21 heavy (non-hydrogen) atoms. The molecule has 1 spiro atoms. The topological polar surface area (TPSA) is 26.3 Å². The van der Waals surface area contributed by atoms with Gasteiger partial charge in [0, 0.05) is 11.0 Å². The monoisotopic (exact) mass is 284 g/mol. The first-order valence-corrected chi connectivity index (χ1v) is 8.07. The van der Waals surface area contributed by atoms with Gasteiger partial charge in [-0.3, -0.25) is 0 Å². The fourth-order valence-corrected chi connectivity index (χ4v) is 4.03. The van der Waals surface area contributed by atoms with E-state index in [0.717, 1.165) is 12.8 Å². The van der Waals surface area contributed by atoms with Crippen LogP contribution in [0.15, 0.2) is 36.4 Å². The van der Waals surface area contributed by atoms with Crippen molar-refractivity contribution >= 4 is 5.97 Å². The fourth-order valence-electron chi connectivity index (χ4n) is 4.03. The second kappa shape index (κ2) is 5.67. The molecule has 0 saturated heterocycles. The third kappa shape index (κ3) is 2.64. The maximum absolute atomic E-state index is 12.1. The van der Waals surface area contributed by atoms with Crippen molar-refractivity contribution in [3.05, 3.63) is 47.5 Å². The molecule has 0 N–H and O–H groups in total. The largest absolute Gasteiger partial charge is 0.454 e. The van der Waals surface area contributed by atoms with Gasteiger partial charge in [0.1, 0.15) is 6.10 Å². The third-order valence-electron chi connectivity index (χ3n) is 5.21. The minimum Gasteiger partial charge on any atom is -0.454 e. The number of fused-ring (bicyclic) bond motifs is 1. The van der Waals surface area contributed by atoms with Crippen LogP contribution < -0.4 is 0 Å². The summed E-state index contributed by atoms with van der Waals surface area (Å²) in [7, 11) is 0. The first kappa shape index (κ1) is 14.4. The Bertz CT molecular complexity index is 552. The van der Waals surface area contributed by atoms with E-state index in [1.54, 1.807) is 6.92 Å². The Morgan fingerprint density at radius 1 is 1.19 bits per heavy atom. The second-order valence-electron chi connectivity index (χ2n) is 6.69. The van der Waals surface area contributed by atoms with Crippen molar-refractivity contribution in [2.75, 3.05) is 0 Å². The van der Waals surface area contributed by atoms with Crippen LogP contribution in [-0.2, 0) is 16.0 Å². The molecule has 1 aromatic rings. The molecular formula is C19H24O2. The van der Waals surface area contributed by atoms with Crippen LogP contribution in [0.5, 0.6) is 0 Å². The molecular weight excluding hydrogens is 260 g/mol. The lowest BCUT2D eigenvalue weighted by Crippen LogP contribution is -2.38. The summed E-state index contributed by atoms with van der Waals surface area (Å²) < 4.78 is 5.93. The highest BCUT2D eigenvalue weighted by molar-refractivity contribution is 5.87. The van der Waals surface area contributed by atoms with Gasteiger partial charge in [0.15, 0.2) is 0 Å². The van der Waals surface area contributed by atoms with Gasteiger partial charge < -0.3 is 4.74 Å². The quantitative estimate of drug-likeness (QED) is 0.579. The van der Waals surface area contributed by atoms with Gasteiger partial charge in [0.2, 0.25) is 0 Å². The van der Waals surface area contributed by atoms with Crippen LogP contribution in [0.25, 0.3) is 0 Å². The van der Waals surface area contributed by atoms with Crippen LogP contribution >= 0.6 is 0 Å². The van der Waals surface area contributed by atoms with Crippen LogP contribution in [0.3, 0.4) is 0 Å². The van der Waals surface area contributed by atoms with Crippen LogP contribution in [0, 0.1) is 5.41 Å². The van der Waals surface area contributed by atoms with Crippen LogP contribution in [-0.4, -0.2) is 5.97 Å². The SMILES string of the molecule is C=C(C)C(=O)OC1c2ccccc2CCC12CCCCC2. The smallest absolute Gasteiger partial charge is 0.333 e. The number of hydrogen-bond acceptors (Lipinski definition) is 2. The van der Waals surface area contributed by atoms with Crippen molar-refractivity contribution in [2.24, 2.45) is 5.41 Å². The summed E-state index contributed by atoms with van der Waals surface area (Å²) in [6, 6.07) is 8.45. The number of ether oxygens (including phenoxy) is 1. The Balaban J connectivity index is 1.98. The molecule has 2 nitrogen and oxygen atoms in total. The van der Waals surface area contributed by atoms with Crippen LogP contribution in [0.1, 0.15) is 62.7 Å². The van der Waals surface area contributed by atoms with Crippen LogP contribution in [0.4, 0.5) is 0 Å². The van der Waals surface area contributed by atoms with E-state index < -0.39 is 0 Å². The molecule has 1 aromatic carbocycles. The summed E-state index contributed by atoms with van der Waals surface area (Å²) in [5, 5.41) is 0. The summed E-state index contributed by atoms with van der Waals surface area (Å²) >= 11 is 0. The highest BCUT2D eigenvalue weighted by Crippen LogP contribution is 2.54. The third-order valence-corrected chi connectivity index (χ3v) is 5.21. The Morgan fingerprint density at radius 2 is 1.90 bits per heavy atom. The van der Waals surface area contributed by atoms with Crippen molar-refractivity contribution in [2.45, 2.75) is 58.0 Å². The normalized spacial score (nSPS) is 23.4. The summed E-state index contributed by atoms with van der Waals surface area (Å²) in [5.74, 6) is -0.248. The van der Waals surface area contributed by atoms with Gasteiger partial charge >= 0.3 is 5.97 Å². The molecule has 0 heterocycles. The standard InChI is InChI=1S/C19H24O2/c1-14(2)18(20)21-17-16-9-5-4-8-15(16)10-13-19(17)11-6-3-7-12-19/h4-5,8-9,17H,1,3,6-7,10-13H2,2H3. The van der Waals surface area contributed by atoms with Crippen molar-refractivity contribution in [3.8, 4) is 0 Å². The molecule has 1 unspecified atom stereocenters. The molecule has 0 radical (unpaired) electrons. The average Bonchev–Trinajstić information content (AvgIpc) is 2.51. The molecule has 0 aliphatic heterocycles. The maximum atomic E-state index is 12.1. The number of esters is 1. The minimum absolute atomic E-state index is 0.0908. The van der Waals surface area contributed by atoms with E-state index in [0.29, 0.717) is 5.57 Å². The summed E-state index contributed by atoms with van der Waals surface area (Å²) in [5.41, 5.74) is 3.20. The lowest BCUT2D eigenvalue weighted by atomic mass is 9.62. The summed E-state index contributed by atoms with van der Waals surface area (Å²) in [6.07, 6.45) is 8.32. The van der Waals surface area contributed by atoms with E-state index in [2.05, 4.69) is 30.8 Å².